The van der Waals surface area contributed by atoms with Gasteiger partial charge in [0.15, 0.2) is 5.82 Å². The standard InChI is InChI=1S/C32H30FN7O/c1-32(7-3-8-32)9-6-21-10-27(30-24(13-34)16-37-40(30)18-21)23-4-5-29(35-15-23)38-19-25-12-26(20-38)39(25)17-22-11-28(33)31(41-2)36-14-22/h4-5,10-11,14-16,18,25-26H,3,7-8,12,17,19-20H2,1-2H3. The number of piperidine rings is 1. The van der Waals surface area contributed by atoms with Crippen LogP contribution in [0.4, 0.5) is 10.2 Å². The molecular formula is C32H30FN7O. The number of aromatic nitrogens is 4. The second-order valence-corrected chi connectivity index (χ2v) is 11.6. The molecule has 0 amide bonds. The van der Waals surface area contributed by atoms with Crippen molar-refractivity contribution in [1.29, 1.82) is 5.26 Å². The van der Waals surface area contributed by atoms with Gasteiger partial charge in [-0.05, 0) is 56.0 Å². The molecule has 8 rings (SSSR count). The van der Waals surface area contributed by atoms with Gasteiger partial charge in [-0.1, -0.05) is 18.3 Å². The van der Waals surface area contributed by atoms with E-state index in [9.17, 15) is 9.65 Å². The van der Waals surface area contributed by atoms with Crippen LogP contribution in [0.3, 0.4) is 0 Å². The molecule has 41 heavy (non-hydrogen) atoms. The lowest BCUT2D eigenvalue weighted by atomic mass is 9.71. The minimum absolute atomic E-state index is 0.0266. The number of halogens is 1. The van der Waals surface area contributed by atoms with Crippen LogP contribution in [0.5, 0.6) is 5.88 Å². The lowest BCUT2D eigenvalue weighted by molar-refractivity contribution is -0.00884. The number of rotatable bonds is 5. The smallest absolute Gasteiger partial charge is 0.250 e. The first kappa shape index (κ1) is 25.5. The van der Waals surface area contributed by atoms with E-state index in [4.69, 9.17) is 9.72 Å². The van der Waals surface area contributed by atoms with Crippen molar-refractivity contribution in [3.05, 3.63) is 71.6 Å². The van der Waals surface area contributed by atoms with Crippen molar-refractivity contribution in [2.75, 3.05) is 25.1 Å². The first-order valence-electron chi connectivity index (χ1n) is 14.0. The van der Waals surface area contributed by atoms with E-state index in [1.54, 1.807) is 16.9 Å². The highest BCUT2D eigenvalue weighted by Gasteiger charge is 2.44. The Morgan fingerprint density at radius 2 is 1.95 bits per heavy atom. The molecule has 0 N–H and O–H groups in total. The van der Waals surface area contributed by atoms with Crippen LogP contribution in [0, 0.1) is 34.4 Å². The Balaban J connectivity index is 1.10. The van der Waals surface area contributed by atoms with E-state index in [2.05, 4.69) is 56.8 Å². The van der Waals surface area contributed by atoms with Gasteiger partial charge in [-0.3, -0.25) is 4.90 Å². The van der Waals surface area contributed by atoms with Crippen molar-refractivity contribution in [3.63, 3.8) is 0 Å². The number of nitriles is 1. The van der Waals surface area contributed by atoms with Crippen LogP contribution in [0.1, 0.15) is 49.3 Å². The average molecular weight is 548 g/mol. The summed E-state index contributed by atoms with van der Waals surface area (Å²) in [6.07, 6.45) is 11.7. The normalized spacial score (nSPS) is 20.9. The number of ether oxygens (including phenoxy) is 1. The molecule has 4 aromatic rings. The number of fused-ring (bicyclic) bond motifs is 3. The number of piperazine rings is 1. The van der Waals surface area contributed by atoms with Gasteiger partial charge in [-0.15, -0.1) is 0 Å². The number of anilines is 1. The summed E-state index contributed by atoms with van der Waals surface area (Å²) in [5.74, 6) is 7.34. The van der Waals surface area contributed by atoms with E-state index in [0.29, 0.717) is 24.2 Å². The number of pyridine rings is 3. The predicted molar refractivity (Wildman–Crippen MR) is 153 cm³/mol. The van der Waals surface area contributed by atoms with E-state index in [1.165, 1.54) is 19.6 Å². The first-order chi connectivity index (χ1) is 19.9. The summed E-state index contributed by atoms with van der Waals surface area (Å²) in [6.45, 7) is 4.62. The quantitative estimate of drug-likeness (QED) is 0.332. The van der Waals surface area contributed by atoms with E-state index in [-0.39, 0.29) is 11.3 Å². The molecule has 0 aromatic carbocycles. The summed E-state index contributed by atoms with van der Waals surface area (Å²) >= 11 is 0. The largest absolute Gasteiger partial charge is 0.479 e. The van der Waals surface area contributed by atoms with Gasteiger partial charge in [0, 0.05) is 72.4 Å². The van der Waals surface area contributed by atoms with Crippen molar-refractivity contribution >= 4 is 11.3 Å². The molecule has 2 atom stereocenters. The summed E-state index contributed by atoms with van der Waals surface area (Å²) in [6, 6.07) is 10.7. The molecule has 1 saturated carbocycles. The van der Waals surface area contributed by atoms with Crippen LogP contribution >= 0.6 is 0 Å². The van der Waals surface area contributed by atoms with Gasteiger partial charge < -0.3 is 9.64 Å². The second-order valence-electron chi connectivity index (χ2n) is 11.6. The Labute approximate surface area is 238 Å². The van der Waals surface area contributed by atoms with Gasteiger partial charge >= 0.3 is 0 Å². The van der Waals surface area contributed by atoms with Gasteiger partial charge in [0.1, 0.15) is 11.9 Å². The Kier molecular flexibility index (Phi) is 6.13. The first-order valence-corrected chi connectivity index (χ1v) is 14.0. The zero-order valence-electron chi connectivity index (χ0n) is 23.1. The fraction of sp³-hybridized carbons (Fsp3) is 0.375. The van der Waals surface area contributed by atoms with Crippen LogP contribution in [0.25, 0.3) is 16.6 Å². The maximum atomic E-state index is 14.1. The molecule has 0 radical (unpaired) electrons. The molecule has 0 spiro atoms. The molecule has 206 valence electrons. The summed E-state index contributed by atoms with van der Waals surface area (Å²) in [5.41, 5.74) is 4.93. The SMILES string of the molecule is COc1ncc(CN2C3CC2CN(c2ccc(-c4cc(C#CC5(C)CCC5)cn5ncc(C#N)c45)cn2)C3)cc1F. The average Bonchev–Trinajstić information content (AvgIpc) is 3.41. The monoisotopic (exact) mass is 547 g/mol. The number of nitrogens with zero attached hydrogens (tertiary/aromatic N) is 7. The molecule has 1 aliphatic carbocycles. The van der Waals surface area contributed by atoms with Gasteiger partial charge in [0.05, 0.1) is 24.4 Å². The van der Waals surface area contributed by atoms with Crippen molar-refractivity contribution < 1.29 is 9.13 Å². The zero-order chi connectivity index (χ0) is 28.1. The molecule has 9 heteroatoms. The van der Waals surface area contributed by atoms with Crippen molar-refractivity contribution in [2.45, 2.75) is 51.2 Å². The Hall–Kier alpha value is -4.47. The molecule has 2 unspecified atom stereocenters. The van der Waals surface area contributed by atoms with E-state index >= 15 is 0 Å². The minimum Gasteiger partial charge on any atom is -0.479 e. The number of methoxy groups -OCH3 is 1. The molecule has 7 heterocycles. The van der Waals surface area contributed by atoms with Gasteiger partial charge in [0.25, 0.3) is 0 Å². The highest BCUT2D eigenvalue weighted by molar-refractivity contribution is 5.85. The topological polar surface area (TPSA) is 82.6 Å². The molecule has 4 aromatic heterocycles. The van der Waals surface area contributed by atoms with Crippen molar-refractivity contribution in [1.82, 2.24) is 24.5 Å². The van der Waals surface area contributed by atoms with Crippen LogP contribution in [0.2, 0.25) is 0 Å². The highest BCUT2D eigenvalue weighted by atomic mass is 19.1. The lowest BCUT2D eigenvalue weighted by Crippen LogP contribution is -2.68. The van der Waals surface area contributed by atoms with Crippen LogP contribution in [0.15, 0.2) is 49.1 Å². The summed E-state index contributed by atoms with van der Waals surface area (Å²) in [4.78, 5) is 13.7. The maximum absolute atomic E-state index is 14.1. The van der Waals surface area contributed by atoms with Crippen molar-refractivity contribution in [2.24, 2.45) is 5.41 Å². The fourth-order valence-corrected chi connectivity index (χ4v) is 6.32. The lowest BCUT2D eigenvalue weighted by Gasteiger charge is -2.56. The van der Waals surface area contributed by atoms with Crippen LogP contribution < -0.4 is 9.64 Å². The van der Waals surface area contributed by atoms with Gasteiger partial charge in [0.2, 0.25) is 5.88 Å². The van der Waals surface area contributed by atoms with Crippen LogP contribution in [-0.4, -0.2) is 56.8 Å². The Morgan fingerprint density at radius 1 is 1.12 bits per heavy atom. The third-order valence-electron chi connectivity index (χ3n) is 8.85. The van der Waals surface area contributed by atoms with E-state index < -0.39 is 5.82 Å². The summed E-state index contributed by atoms with van der Waals surface area (Å²) < 4.78 is 20.8. The number of hydrogen-bond donors (Lipinski definition) is 0. The summed E-state index contributed by atoms with van der Waals surface area (Å²) in [5, 5.41) is 14.2. The third kappa shape index (κ3) is 4.57. The van der Waals surface area contributed by atoms with Gasteiger partial charge in [-0.25, -0.2) is 18.9 Å². The molecule has 8 nitrogen and oxygen atoms in total. The highest BCUT2D eigenvalue weighted by Crippen LogP contribution is 2.40. The molecule has 2 bridgehead atoms. The fourth-order valence-electron chi connectivity index (χ4n) is 6.32. The van der Waals surface area contributed by atoms with E-state index in [1.807, 2.05) is 18.5 Å². The third-order valence-corrected chi connectivity index (χ3v) is 8.85. The molecular weight excluding hydrogens is 517 g/mol. The second kappa shape index (κ2) is 9.87. The molecule has 4 aliphatic rings. The summed E-state index contributed by atoms with van der Waals surface area (Å²) in [7, 11) is 1.42. The molecule has 4 fully saturated rings. The van der Waals surface area contributed by atoms with Crippen molar-refractivity contribution in [3.8, 4) is 34.9 Å². The van der Waals surface area contributed by atoms with Gasteiger partial charge in [-0.2, -0.15) is 10.4 Å². The Bertz CT molecular complexity index is 1730. The molecule has 3 aliphatic heterocycles. The maximum Gasteiger partial charge on any atom is 0.250 e. The van der Waals surface area contributed by atoms with Crippen LogP contribution in [-0.2, 0) is 6.54 Å². The zero-order valence-corrected chi connectivity index (χ0v) is 23.1. The van der Waals surface area contributed by atoms with E-state index in [0.717, 1.165) is 65.9 Å². The Morgan fingerprint density at radius 3 is 2.61 bits per heavy atom. The minimum atomic E-state index is -0.429. The predicted octanol–water partition coefficient (Wildman–Crippen LogP) is 4.82. The number of hydrogen-bond acceptors (Lipinski definition) is 7. The molecule has 3 saturated heterocycles.